The number of cyclic esters (lactones) is 1. The van der Waals surface area contributed by atoms with Crippen molar-refractivity contribution in [3.05, 3.63) is 76.1 Å². The molecule has 230 valence electrons. The van der Waals surface area contributed by atoms with E-state index in [0.29, 0.717) is 37.8 Å². The Bertz CT molecular complexity index is 1440. The summed E-state index contributed by atoms with van der Waals surface area (Å²) in [4.78, 5) is 27.4. The molecule has 2 aromatic rings. The van der Waals surface area contributed by atoms with Gasteiger partial charge in [0.25, 0.3) is 0 Å². The molecule has 8 nitrogen and oxygen atoms in total. The maximum absolute atomic E-state index is 15.2. The minimum Gasteiger partial charge on any atom is -0.478 e. The highest BCUT2D eigenvalue weighted by Crippen LogP contribution is 2.38. The van der Waals surface area contributed by atoms with Crippen molar-refractivity contribution in [2.24, 2.45) is 5.10 Å². The maximum atomic E-state index is 15.2. The fourth-order valence-electron chi connectivity index (χ4n) is 6.23. The minimum absolute atomic E-state index is 0.0532. The van der Waals surface area contributed by atoms with Crippen LogP contribution >= 0.6 is 0 Å². The predicted molar refractivity (Wildman–Crippen MR) is 157 cm³/mol. The molecule has 43 heavy (non-hydrogen) atoms. The number of hydrogen-bond acceptors (Lipinski definition) is 6. The third-order valence-electron chi connectivity index (χ3n) is 8.66. The van der Waals surface area contributed by atoms with Gasteiger partial charge < -0.3 is 14.7 Å². The van der Waals surface area contributed by atoms with E-state index >= 15 is 4.39 Å². The van der Waals surface area contributed by atoms with Gasteiger partial charge in [0, 0.05) is 42.9 Å². The van der Waals surface area contributed by atoms with Crippen LogP contribution in [0.15, 0.2) is 47.1 Å². The molecule has 0 aromatic heterocycles. The van der Waals surface area contributed by atoms with Gasteiger partial charge in [0.15, 0.2) is 11.6 Å². The molecule has 1 aliphatic carbocycles. The summed E-state index contributed by atoms with van der Waals surface area (Å²) >= 11 is 0. The zero-order valence-electron chi connectivity index (χ0n) is 24.7. The number of rotatable bonds is 9. The SMILES string of the molecule is Cc1c(F)c(F)cc(F)c1C1C=C(CN(C)CCC2(C)CN(c3ccc(C(=O)O)cc3)C(=O)O2)C=NN1C1CCCCC1. The molecule has 1 saturated heterocycles. The van der Waals surface area contributed by atoms with Gasteiger partial charge in [0.05, 0.1) is 24.4 Å². The van der Waals surface area contributed by atoms with Crippen molar-refractivity contribution in [1.82, 2.24) is 9.91 Å². The number of anilines is 1. The summed E-state index contributed by atoms with van der Waals surface area (Å²) in [6, 6.07) is 6.10. The Morgan fingerprint density at radius 1 is 1.14 bits per heavy atom. The van der Waals surface area contributed by atoms with E-state index < -0.39 is 41.2 Å². The quantitative estimate of drug-likeness (QED) is 0.334. The van der Waals surface area contributed by atoms with Gasteiger partial charge in [0.2, 0.25) is 0 Å². The third-order valence-corrected chi connectivity index (χ3v) is 8.66. The molecule has 0 spiro atoms. The first-order chi connectivity index (χ1) is 20.5. The predicted octanol–water partition coefficient (Wildman–Crippen LogP) is 6.45. The highest BCUT2D eigenvalue weighted by atomic mass is 19.2. The number of hydrazone groups is 1. The Kier molecular flexibility index (Phi) is 8.82. The Balaban J connectivity index is 1.28. The van der Waals surface area contributed by atoms with E-state index in [4.69, 9.17) is 14.9 Å². The normalized spacial score (nSPS) is 22.7. The number of carbonyl (C=O) groups is 2. The largest absolute Gasteiger partial charge is 0.478 e. The number of likely N-dealkylation sites (N-methyl/N-ethyl adjacent to an activating group) is 1. The van der Waals surface area contributed by atoms with Gasteiger partial charge in [-0.25, -0.2) is 22.8 Å². The molecule has 11 heteroatoms. The first-order valence-corrected chi connectivity index (χ1v) is 14.6. The Labute approximate surface area is 249 Å². The fourth-order valence-corrected chi connectivity index (χ4v) is 6.23. The summed E-state index contributed by atoms with van der Waals surface area (Å²) in [5, 5.41) is 15.7. The molecule has 0 bridgehead atoms. The molecule has 3 aliphatic rings. The number of aromatic carboxylic acids is 1. The van der Waals surface area contributed by atoms with Crippen molar-refractivity contribution in [3.63, 3.8) is 0 Å². The van der Waals surface area contributed by atoms with E-state index in [1.807, 2.05) is 30.0 Å². The number of ether oxygens (including phenoxy) is 1. The molecule has 2 heterocycles. The van der Waals surface area contributed by atoms with Crippen LogP contribution in [0.2, 0.25) is 0 Å². The van der Waals surface area contributed by atoms with Crippen LogP contribution < -0.4 is 4.90 Å². The molecule has 1 saturated carbocycles. The number of carbonyl (C=O) groups excluding carboxylic acids is 1. The second kappa shape index (κ2) is 12.4. The minimum atomic E-state index is -1.21. The van der Waals surface area contributed by atoms with Gasteiger partial charge in [-0.05, 0) is 75.2 Å². The summed E-state index contributed by atoms with van der Waals surface area (Å²) in [6.07, 6.45) is 8.69. The van der Waals surface area contributed by atoms with Crippen molar-refractivity contribution in [2.45, 2.75) is 70.1 Å². The van der Waals surface area contributed by atoms with Crippen LogP contribution in [0.3, 0.4) is 0 Å². The smallest absolute Gasteiger partial charge is 0.415 e. The van der Waals surface area contributed by atoms with Crippen LogP contribution in [-0.4, -0.2) is 71.6 Å². The van der Waals surface area contributed by atoms with Crippen molar-refractivity contribution in [1.29, 1.82) is 0 Å². The van der Waals surface area contributed by atoms with E-state index in [9.17, 15) is 18.4 Å². The lowest BCUT2D eigenvalue weighted by atomic mass is 9.90. The lowest BCUT2D eigenvalue weighted by Crippen LogP contribution is -2.39. The van der Waals surface area contributed by atoms with Crippen LogP contribution in [0, 0.1) is 24.4 Å². The maximum Gasteiger partial charge on any atom is 0.415 e. The molecule has 2 atom stereocenters. The summed E-state index contributed by atoms with van der Waals surface area (Å²) in [7, 11) is 1.92. The molecular weight excluding hydrogens is 561 g/mol. The van der Waals surface area contributed by atoms with Crippen molar-refractivity contribution < 1.29 is 32.6 Å². The lowest BCUT2D eigenvalue weighted by Gasteiger charge is -2.39. The van der Waals surface area contributed by atoms with Crippen molar-refractivity contribution >= 4 is 24.0 Å². The zero-order valence-corrected chi connectivity index (χ0v) is 24.7. The van der Waals surface area contributed by atoms with Gasteiger partial charge in [-0.15, -0.1) is 0 Å². The second-order valence-corrected chi connectivity index (χ2v) is 12.0. The van der Waals surface area contributed by atoms with Crippen LogP contribution in [0.5, 0.6) is 0 Å². The average molecular weight is 599 g/mol. The molecule has 0 radical (unpaired) electrons. The van der Waals surface area contributed by atoms with Crippen LogP contribution in [0.4, 0.5) is 23.7 Å². The molecule has 2 aromatic carbocycles. The van der Waals surface area contributed by atoms with Gasteiger partial charge in [-0.1, -0.05) is 19.3 Å². The van der Waals surface area contributed by atoms with E-state index in [1.54, 1.807) is 18.3 Å². The summed E-state index contributed by atoms with van der Waals surface area (Å²) in [6.45, 7) is 4.60. The van der Waals surface area contributed by atoms with Gasteiger partial charge in [-0.3, -0.25) is 9.91 Å². The number of amides is 1. The van der Waals surface area contributed by atoms with Gasteiger partial charge >= 0.3 is 12.1 Å². The summed E-state index contributed by atoms with van der Waals surface area (Å²) in [5.74, 6) is -4.09. The van der Waals surface area contributed by atoms with Crippen LogP contribution in [0.1, 0.15) is 73.0 Å². The zero-order chi connectivity index (χ0) is 30.9. The molecule has 2 aliphatic heterocycles. The molecular formula is C32H37F3N4O4. The van der Waals surface area contributed by atoms with Crippen molar-refractivity contribution in [2.75, 3.05) is 31.6 Å². The van der Waals surface area contributed by atoms with E-state index in [-0.39, 0.29) is 22.7 Å². The standard InChI is InChI=1S/C32H37F3N4O4/c1-20-28(25(33)16-26(34)29(20)35)27-15-21(17-36-39(27)24-7-5-4-6-8-24)18-37(3)14-13-32(2)19-38(31(42)43-32)23-11-9-22(10-12-23)30(40)41/h9-12,15-17,24,27H,4-8,13-14,18-19H2,1-3H3,(H,40,41). The van der Waals surface area contributed by atoms with Crippen LogP contribution in [0.25, 0.3) is 0 Å². The number of nitrogens with zero attached hydrogens (tertiary/aromatic N) is 4. The lowest BCUT2D eigenvalue weighted by molar-refractivity contribution is 0.0580. The average Bonchev–Trinajstić information content (AvgIpc) is 3.29. The number of carboxylic acid groups (broad SMARTS) is 1. The molecule has 1 amide bonds. The first kappa shape index (κ1) is 30.6. The Morgan fingerprint density at radius 3 is 2.51 bits per heavy atom. The first-order valence-electron chi connectivity index (χ1n) is 14.6. The Hall–Kier alpha value is -3.86. The topological polar surface area (TPSA) is 85.7 Å². The highest BCUT2D eigenvalue weighted by molar-refractivity contribution is 5.92. The van der Waals surface area contributed by atoms with E-state index in [0.717, 1.165) is 37.7 Å². The van der Waals surface area contributed by atoms with Gasteiger partial charge in [0.1, 0.15) is 11.4 Å². The van der Waals surface area contributed by atoms with Gasteiger partial charge in [-0.2, -0.15) is 5.10 Å². The number of halogens is 3. The van der Waals surface area contributed by atoms with E-state index in [2.05, 4.69) is 0 Å². The molecule has 5 rings (SSSR count). The number of hydrogen-bond donors (Lipinski definition) is 1. The molecule has 2 fully saturated rings. The second-order valence-electron chi connectivity index (χ2n) is 12.0. The van der Waals surface area contributed by atoms with Crippen LogP contribution in [-0.2, 0) is 4.74 Å². The monoisotopic (exact) mass is 598 g/mol. The molecule has 1 N–H and O–H groups in total. The van der Waals surface area contributed by atoms with Crippen molar-refractivity contribution in [3.8, 4) is 0 Å². The third kappa shape index (κ3) is 6.56. The summed E-state index contributed by atoms with van der Waals surface area (Å²) in [5.41, 5.74) is 0.789. The number of benzene rings is 2. The summed E-state index contributed by atoms with van der Waals surface area (Å²) < 4.78 is 49.5. The highest BCUT2D eigenvalue weighted by Gasteiger charge is 2.42. The van der Waals surface area contributed by atoms with E-state index in [1.165, 1.54) is 24.0 Å². The Morgan fingerprint density at radius 2 is 1.84 bits per heavy atom. The molecule has 2 unspecified atom stereocenters. The number of carboxylic acids is 1. The fraction of sp³-hybridized carbons (Fsp3) is 0.469.